The van der Waals surface area contributed by atoms with E-state index in [1.165, 1.54) is 16.7 Å². The molecule has 20 heavy (non-hydrogen) atoms. The molecule has 0 unspecified atom stereocenters. The third-order valence-corrected chi connectivity index (χ3v) is 3.56. The topological polar surface area (TPSA) is 24.1 Å². The van der Waals surface area contributed by atoms with Crippen LogP contribution in [0.5, 0.6) is 0 Å². The van der Waals surface area contributed by atoms with E-state index in [-0.39, 0.29) is 0 Å². The van der Waals surface area contributed by atoms with Crippen LogP contribution in [0.25, 0.3) is 0 Å². The molecule has 2 nitrogen and oxygen atoms in total. The van der Waals surface area contributed by atoms with Crippen LogP contribution in [0.15, 0.2) is 42.5 Å². The quantitative estimate of drug-likeness (QED) is 0.801. The van der Waals surface area contributed by atoms with Crippen molar-refractivity contribution in [1.29, 1.82) is 0 Å². The summed E-state index contributed by atoms with van der Waals surface area (Å²) < 4.78 is 0. The summed E-state index contributed by atoms with van der Waals surface area (Å²) in [6.07, 6.45) is 1.02. The first-order valence-electron chi connectivity index (χ1n) is 6.82. The smallest absolute Gasteiger partial charge is 0.175 e. The maximum Gasteiger partial charge on any atom is 0.175 e. The zero-order chi connectivity index (χ0) is 14.5. The average molecular weight is 284 g/mol. The first-order chi connectivity index (χ1) is 9.58. The van der Waals surface area contributed by atoms with E-state index < -0.39 is 0 Å². The summed E-state index contributed by atoms with van der Waals surface area (Å²) in [4.78, 5) is 0. The molecule has 2 aromatic carbocycles. The van der Waals surface area contributed by atoms with Gasteiger partial charge in [0.15, 0.2) is 5.11 Å². The van der Waals surface area contributed by atoms with Gasteiger partial charge in [-0.05, 0) is 73.4 Å². The van der Waals surface area contributed by atoms with Gasteiger partial charge >= 0.3 is 0 Å². The van der Waals surface area contributed by atoms with Gasteiger partial charge in [0.2, 0.25) is 0 Å². The first kappa shape index (κ1) is 14.5. The normalized spacial score (nSPS) is 10.2. The highest BCUT2D eigenvalue weighted by Crippen LogP contribution is 2.15. The van der Waals surface area contributed by atoms with E-state index in [1.54, 1.807) is 0 Å². The van der Waals surface area contributed by atoms with Crippen LogP contribution in [-0.4, -0.2) is 5.11 Å². The number of rotatable bonds is 3. The molecule has 0 amide bonds. The minimum atomic E-state index is 0.613. The lowest BCUT2D eigenvalue weighted by Crippen LogP contribution is -2.19. The van der Waals surface area contributed by atoms with Gasteiger partial charge in [-0.2, -0.15) is 0 Å². The summed E-state index contributed by atoms with van der Waals surface area (Å²) in [5.74, 6) is 0. The lowest BCUT2D eigenvalue weighted by atomic mass is 10.1. The van der Waals surface area contributed by atoms with Crippen molar-refractivity contribution in [2.45, 2.75) is 27.2 Å². The van der Waals surface area contributed by atoms with E-state index in [9.17, 15) is 0 Å². The van der Waals surface area contributed by atoms with Crippen LogP contribution >= 0.6 is 12.2 Å². The maximum absolute atomic E-state index is 5.35. The van der Waals surface area contributed by atoms with Crippen molar-refractivity contribution in [3.05, 3.63) is 59.2 Å². The Morgan fingerprint density at radius 2 is 1.65 bits per heavy atom. The number of hydrogen-bond acceptors (Lipinski definition) is 1. The van der Waals surface area contributed by atoms with E-state index >= 15 is 0 Å². The molecule has 2 rings (SSSR count). The fourth-order valence-electron chi connectivity index (χ4n) is 1.98. The van der Waals surface area contributed by atoms with Crippen molar-refractivity contribution in [3.8, 4) is 0 Å². The van der Waals surface area contributed by atoms with E-state index in [0.717, 1.165) is 17.8 Å². The van der Waals surface area contributed by atoms with Crippen molar-refractivity contribution in [3.63, 3.8) is 0 Å². The minimum absolute atomic E-state index is 0.613. The Morgan fingerprint density at radius 1 is 0.950 bits per heavy atom. The van der Waals surface area contributed by atoms with Crippen LogP contribution in [0.1, 0.15) is 23.6 Å². The van der Waals surface area contributed by atoms with Crippen LogP contribution in [-0.2, 0) is 6.42 Å². The number of anilines is 2. The summed E-state index contributed by atoms with van der Waals surface area (Å²) in [7, 11) is 0. The SMILES string of the molecule is CCc1cccc(NC(=S)Nc2ccc(C)c(C)c2)c1. The first-order valence-corrected chi connectivity index (χ1v) is 7.23. The van der Waals surface area contributed by atoms with Crippen LogP contribution in [0.3, 0.4) is 0 Å². The van der Waals surface area contributed by atoms with Gasteiger partial charge in [-0.3, -0.25) is 0 Å². The Morgan fingerprint density at radius 3 is 2.30 bits per heavy atom. The molecule has 2 N–H and O–H groups in total. The number of hydrogen-bond donors (Lipinski definition) is 2. The number of thiocarbonyl (C=S) groups is 1. The van der Waals surface area contributed by atoms with Gasteiger partial charge in [0.05, 0.1) is 0 Å². The van der Waals surface area contributed by atoms with Crippen LogP contribution in [0, 0.1) is 13.8 Å². The summed E-state index contributed by atoms with van der Waals surface area (Å²) in [5.41, 5.74) is 5.86. The van der Waals surface area contributed by atoms with Gasteiger partial charge in [-0.15, -0.1) is 0 Å². The molecule has 3 heteroatoms. The average Bonchev–Trinajstić information content (AvgIpc) is 2.43. The second-order valence-corrected chi connectivity index (χ2v) is 5.34. The van der Waals surface area contributed by atoms with Crippen LogP contribution in [0.4, 0.5) is 11.4 Å². The van der Waals surface area contributed by atoms with Crippen molar-refractivity contribution in [1.82, 2.24) is 0 Å². The minimum Gasteiger partial charge on any atom is -0.332 e. The molecule has 0 fully saturated rings. The van der Waals surface area contributed by atoms with Crippen molar-refractivity contribution >= 4 is 28.7 Å². The van der Waals surface area contributed by atoms with Gasteiger partial charge in [-0.1, -0.05) is 25.1 Å². The Hall–Kier alpha value is -1.87. The van der Waals surface area contributed by atoms with Gasteiger partial charge in [0.1, 0.15) is 0 Å². The predicted molar refractivity (Wildman–Crippen MR) is 91.6 cm³/mol. The van der Waals surface area contributed by atoms with Gasteiger partial charge in [0, 0.05) is 11.4 Å². The summed E-state index contributed by atoms with van der Waals surface area (Å²) >= 11 is 5.35. The molecule has 0 aliphatic rings. The highest BCUT2D eigenvalue weighted by Gasteiger charge is 2.01. The van der Waals surface area contributed by atoms with E-state index in [4.69, 9.17) is 12.2 Å². The third-order valence-electron chi connectivity index (χ3n) is 3.36. The zero-order valence-corrected chi connectivity index (χ0v) is 13.0. The van der Waals surface area contributed by atoms with Crippen molar-refractivity contribution in [2.75, 3.05) is 10.6 Å². The fraction of sp³-hybridized carbons (Fsp3) is 0.235. The van der Waals surface area contributed by atoms with Crippen LogP contribution in [0.2, 0.25) is 0 Å². The Labute approximate surface area is 126 Å². The molecule has 0 aliphatic carbocycles. The van der Waals surface area contributed by atoms with Crippen molar-refractivity contribution < 1.29 is 0 Å². The third kappa shape index (κ3) is 3.81. The summed E-state index contributed by atoms with van der Waals surface area (Å²) in [5, 5.41) is 7.05. The maximum atomic E-state index is 5.35. The zero-order valence-electron chi connectivity index (χ0n) is 12.2. The summed E-state index contributed by atoms with van der Waals surface area (Å²) in [6.45, 7) is 6.35. The van der Waals surface area contributed by atoms with Gasteiger partial charge in [-0.25, -0.2) is 0 Å². The Kier molecular flexibility index (Phi) is 4.74. The second kappa shape index (κ2) is 6.53. The lowest BCUT2D eigenvalue weighted by Gasteiger charge is -2.12. The highest BCUT2D eigenvalue weighted by atomic mass is 32.1. The number of benzene rings is 2. The van der Waals surface area contributed by atoms with Crippen molar-refractivity contribution in [2.24, 2.45) is 0 Å². The van der Waals surface area contributed by atoms with Gasteiger partial charge in [0.25, 0.3) is 0 Å². The molecule has 0 heterocycles. The van der Waals surface area contributed by atoms with E-state index in [1.807, 2.05) is 18.2 Å². The molecule has 0 spiro atoms. The molecule has 0 saturated carbocycles. The molecule has 104 valence electrons. The number of nitrogens with one attached hydrogen (secondary N) is 2. The standard InChI is InChI=1S/C17H20N2S/c1-4-14-6-5-7-15(11-14)18-17(20)19-16-9-8-12(2)13(3)10-16/h5-11H,4H2,1-3H3,(H2,18,19,20). The molecular formula is C17H20N2S. The van der Waals surface area contributed by atoms with Crippen LogP contribution < -0.4 is 10.6 Å². The molecule has 0 aromatic heterocycles. The largest absolute Gasteiger partial charge is 0.332 e. The molecule has 0 saturated heterocycles. The van der Waals surface area contributed by atoms with Gasteiger partial charge < -0.3 is 10.6 Å². The number of aryl methyl sites for hydroxylation is 3. The monoisotopic (exact) mass is 284 g/mol. The van der Waals surface area contributed by atoms with E-state index in [2.05, 4.69) is 55.7 Å². The molecule has 0 atom stereocenters. The Bertz CT molecular complexity index is 620. The predicted octanol–water partition coefficient (Wildman–Crippen LogP) is 4.67. The summed E-state index contributed by atoms with van der Waals surface area (Å²) in [6, 6.07) is 14.5. The molecule has 2 aromatic rings. The second-order valence-electron chi connectivity index (χ2n) is 4.93. The molecule has 0 bridgehead atoms. The highest BCUT2D eigenvalue weighted by molar-refractivity contribution is 7.80. The lowest BCUT2D eigenvalue weighted by molar-refractivity contribution is 1.14. The molecular weight excluding hydrogens is 264 g/mol. The molecule has 0 aliphatic heterocycles. The fourth-order valence-corrected chi connectivity index (χ4v) is 2.22. The Balaban J connectivity index is 2.03. The molecule has 0 radical (unpaired) electrons. The van der Waals surface area contributed by atoms with E-state index in [0.29, 0.717) is 5.11 Å².